The topological polar surface area (TPSA) is 93.1 Å². The largest absolute Gasteiger partial charge is 0.508 e. The molecular weight excluding hydrogens is 755 g/mol. The molecule has 2 aromatic carbocycles. The van der Waals surface area contributed by atoms with Crippen molar-refractivity contribution >= 4 is 36.8 Å². The van der Waals surface area contributed by atoms with E-state index in [1.807, 2.05) is 87.2 Å². The van der Waals surface area contributed by atoms with Gasteiger partial charge in [0.15, 0.2) is 0 Å². The molecule has 1 aliphatic carbocycles. The van der Waals surface area contributed by atoms with Crippen LogP contribution in [0, 0.1) is 0 Å². The number of carbonyl (C=O) groups excluding carboxylic acids is 3. The normalized spacial score (nSPS) is 12.5. The van der Waals surface area contributed by atoms with Gasteiger partial charge in [-0.05, 0) is 70.0 Å². The van der Waals surface area contributed by atoms with Gasteiger partial charge in [0.05, 0.1) is 18.2 Å². The predicted octanol–water partition coefficient (Wildman–Crippen LogP) is 13.6. The number of ether oxygens (including phenoxy) is 2. The van der Waals surface area contributed by atoms with Crippen molar-refractivity contribution in [3.05, 3.63) is 89.5 Å². The van der Waals surface area contributed by atoms with Crippen molar-refractivity contribution in [3.8, 4) is 11.5 Å². The van der Waals surface area contributed by atoms with Crippen molar-refractivity contribution in [1.82, 2.24) is 4.90 Å². The molecule has 7 nitrogen and oxygen atoms in total. The first-order chi connectivity index (χ1) is 27.2. The smallest absolute Gasteiger partial charge is 0.416 e. The molecule has 2 aromatic rings. The second-order valence-corrected chi connectivity index (χ2v) is 12.0. The molecule has 3 rings (SSSR count). The number of benzene rings is 2. The first-order valence-electron chi connectivity index (χ1n) is 19.7. The van der Waals surface area contributed by atoms with Crippen LogP contribution in [0.15, 0.2) is 72.8 Å². The number of halogens is 4. The van der Waals surface area contributed by atoms with E-state index in [1.165, 1.54) is 56.4 Å². The summed E-state index contributed by atoms with van der Waals surface area (Å²) in [6.45, 7) is 29.9. The quantitative estimate of drug-likeness (QED) is 0.179. The Bertz CT molecular complexity index is 1300. The summed E-state index contributed by atoms with van der Waals surface area (Å²) in [6.07, 6.45) is 11.3. The number of methoxy groups -OCH3 is 1. The summed E-state index contributed by atoms with van der Waals surface area (Å²) in [5, 5.41) is 9.64. The summed E-state index contributed by atoms with van der Waals surface area (Å²) in [6, 6.07) is 9.43. The van der Waals surface area contributed by atoms with Gasteiger partial charge in [0.2, 0.25) is 5.91 Å². The molecule has 1 fully saturated rings. The Morgan fingerprint density at radius 2 is 1.39 bits per heavy atom. The van der Waals surface area contributed by atoms with Crippen LogP contribution in [0.2, 0.25) is 0 Å². The monoisotopic (exact) mass is 830 g/mol. The minimum Gasteiger partial charge on any atom is -0.508 e. The zero-order valence-electron chi connectivity index (χ0n) is 37.1. The Labute approximate surface area is 349 Å². The molecule has 0 heterocycles. The maximum atomic E-state index is 13.3. The summed E-state index contributed by atoms with van der Waals surface area (Å²) < 4.78 is 50.0. The number of amides is 1. The second kappa shape index (κ2) is 41.7. The number of hydrogen-bond acceptors (Lipinski definition) is 6. The van der Waals surface area contributed by atoms with Crippen molar-refractivity contribution in [2.45, 2.75) is 139 Å². The fourth-order valence-electron chi connectivity index (χ4n) is 5.20. The third-order valence-electron chi connectivity index (χ3n) is 7.88. The molecule has 2 unspecified atom stereocenters. The molecule has 328 valence electrons. The van der Waals surface area contributed by atoms with Gasteiger partial charge in [-0.25, -0.2) is 0 Å². The lowest BCUT2D eigenvalue weighted by molar-refractivity contribution is -0.137. The van der Waals surface area contributed by atoms with E-state index < -0.39 is 17.8 Å². The number of alkyl halides is 4. The molecule has 0 saturated heterocycles. The SMILES string of the molecule is C/C=C\CCl.C1CCCCC1.C=C(c1ccc(C(F)(F)F)cc1OCC)N(C(C)=O)C(/C(C)=C/C)C(C)c1ccc(O)cc1.C=O.C=O.CC.CC.CCCOC. The molecule has 0 aromatic heterocycles. The van der Waals surface area contributed by atoms with Crippen molar-refractivity contribution < 1.29 is 42.1 Å². The summed E-state index contributed by atoms with van der Waals surface area (Å²) in [5.74, 6) is 0.268. The highest BCUT2D eigenvalue weighted by Crippen LogP contribution is 2.39. The van der Waals surface area contributed by atoms with Crippen LogP contribution in [0.25, 0.3) is 5.70 Å². The van der Waals surface area contributed by atoms with Gasteiger partial charge in [-0.15, -0.1) is 11.6 Å². The van der Waals surface area contributed by atoms with E-state index in [4.69, 9.17) is 30.7 Å². The average Bonchev–Trinajstić information content (AvgIpc) is 3.24. The lowest BCUT2D eigenvalue weighted by Crippen LogP contribution is -2.41. The van der Waals surface area contributed by atoms with E-state index in [-0.39, 0.29) is 35.6 Å². The van der Waals surface area contributed by atoms with Gasteiger partial charge in [-0.3, -0.25) is 4.79 Å². The van der Waals surface area contributed by atoms with Gasteiger partial charge in [-0.2, -0.15) is 13.2 Å². The molecule has 0 radical (unpaired) electrons. The number of nitrogens with zero attached hydrogens (tertiary/aromatic N) is 1. The van der Waals surface area contributed by atoms with Crippen molar-refractivity contribution in [3.63, 3.8) is 0 Å². The third kappa shape index (κ3) is 28.2. The fraction of sp³-hybridized carbons (Fsp3) is 0.543. The number of carbonyl (C=O) groups is 3. The molecule has 0 spiro atoms. The molecule has 1 aliphatic rings. The number of rotatable bonds is 11. The van der Waals surface area contributed by atoms with E-state index >= 15 is 0 Å². The van der Waals surface area contributed by atoms with Gasteiger partial charge in [0.25, 0.3) is 0 Å². The van der Waals surface area contributed by atoms with E-state index in [0.29, 0.717) is 11.4 Å². The van der Waals surface area contributed by atoms with Gasteiger partial charge >= 0.3 is 6.18 Å². The molecule has 0 bridgehead atoms. The number of hydrogen-bond donors (Lipinski definition) is 1. The third-order valence-corrected chi connectivity index (χ3v) is 8.05. The first kappa shape index (κ1) is 62.3. The Hall–Kier alpha value is -3.89. The van der Waals surface area contributed by atoms with E-state index in [2.05, 4.69) is 13.5 Å². The van der Waals surface area contributed by atoms with Crippen LogP contribution in [0.4, 0.5) is 13.2 Å². The molecule has 1 saturated carbocycles. The summed E-state index contributed by atoms with van der Waals surface area (Å²) in [7, 11) is 1.71. The molecule has 1 N–H and O–H groups in total. The Kier molecular flexibility index (Phi) is 45.6. The minimum atomic E-state index is -4.52. The lowest BCUT2D eigenvalue weighted by atomic mass is 9.86. The van der Waals surface area contributed by atoms with Crippen LogP contribution < -0.4 is 4.74 Å². The maximum absolute atomic E-state index is 13.3. The summed E-state index contributed by atoms with van der Waals surface area (Å²) in [4.78, 5) is 30.4. The van der Waals surface area contributed by atoms with Crippen LogP contribution in [-0.2, 0) is 25.3 Å². The van der Waals surface area contributed by atoms with Crippen LogP contribution >= 0.6 is 11.6 Å². The van der Waals surface area contributed by atoms with Gasteiger partial charge < -0.3 is 29.1 Å². The highest BCUT2D eigenvalue weighted by molar-refractivity contribution is 6.18. The summed E-state index contributed by atoms with van der Waals surface area (Å²) in [5.41, 5.74) is 1.49. The Morgan fingerprint density at radius 3 is 1.68 bits per heavy atom. The van der Waals surface area contributed by atoms with Crippen LogP contribution in [-0.4, -0.2) is 61.7 Å². The lowest BCUT2D eigenvalue weighted by Gasteiger charge is -2.38. The van der Waals surface area contributed by atoms with Gasteiger partial charge in [0, 0.05) is 43.7 Å². The van der Waals surface area contributed by atoms with Gasteiger partial charge in [0.1, 0.15) is 25.1 Å². The fourth-order valence-corrected chi connectivity index (χ4v) is 5.38. The van der Waals surface area contributed by atoms with E-state index in [1.54, 1.807) is 38.3 Å². The average molecular weight is 831 g/mol. The van der Waals surface area contributed by atoms with Crippen molar-refractivity contribution in [2.75, 3.05) is 26.2 Å². The molecule has 57 heavy (non-hydrogen) atoms. The number of allylic oxidation sites excluding steroid dienone is 3. The molecule has 2 atom stereocenters. The van der Waals surface area contributed by atoms with Gasteiger partial charge in [-0.1, -0.05) is 123 Å². The predicted molar refractivity (Wildman–Crippen MR) is 236 cm³/mol. The van der Waals surface area contributed by atoms with Crippen molar-refractivity contribution in [1.29, 1.82) is 0 Å². The Balaban J connectivity index is -0.000000305. The van der Waals surface area contributed by atoms with Crippen molar-refractivity contribution in [2.24, 2.45) is 0 Å². The molecular formula is C46H75ClF3NO6. The zero-order chi connectivity index (χ0) is 45.4. The number of aromatic hydroxyl groups is 1. The first-order valence-corrected chi connectivity index (χ1v) is 20.3. The maximum Gasteiger partial charge on any atom is 0.416 e. The highest BCUT2D eigenvalue weighted by atomic mass is 35.5. The molecule has 0 aliphatic heterocycles. The molecule has 1 amide bonds. The van der Waals surface area contributed by atoms with E-state index in [9.17, 15) is 23.1 Å². The number of phenolic OH excluding ortho intramolecular Hbond substituents is 1. The van der Waals surface area contributed by atoms with Crippen LogP contribution in [0.3, 0.4) is 0 Å². The van der Waals surface area contributed by atoms with Crippen LogP contribution in [0.5, 0.6) is 11.5 Å². The summed E-state index contributed by atoms with van der Waals surface area (Å²) >= 11 is 5.21. The highest BCUT2D eigenvalue weighted by Gasteiger charge is 2.34. The number of phenols is 1. The zero-order valence-corrected chi connectivity index (χ0v) is 37.8. The molecule has 11 heteroatoms. The standard InChI is InChI=1S/C26H30F3NO3.C6H12.C4H7Cl.C4H10O.2C2H6.2CH2O/c1-7-16(3)25(17(4)20-9-12-22(32)13-10-20)30(19(6)31)18(5)23-14-11-21(26(27,28)29)15-24(23)33-8-2;1-2-4-6-5-3-1;1-2-3-4-5;1-3-4-5-2;4*1-2/h7,9-15,17,25,32H,5,8H2,1-4,6H3;1-6H2;2-3H,4H2,1H3;3-4H2,1-2H3;2*1-2H3;2*1H2/b16-7+;;3-2-;;;;;. The second-order valence-electron chi connectivity index (χ2n) is 11.7. The Morgan fingerprint density at radius 1 is 0.912 bits per heavy atom. The van der Waals surface area contributed by atoms with Crippen LogP contribution in [0.1, 0.15) is 144 Å². The minimum absolute atomic E-state index is 0.0118. The van der Waals surface area contributed by atoms with E-state index in [0.717, 1.165) is 36.3 Å².